The van der Waals surface area contributed by atoms with Crippen molar-refractivity contribution in [3.05, 3.63) is 35.0 Å². The molecule has 1 fully saturated rings. The molecule has 0 radical (unpaired) electrons. The topological polar surface area (TPSA) is 46.3 Å². The van der Waals surface area contributed by atoms with E-state index in [0.29, 0.717) is 17.3 Å². The standard InChI is InChI=1S/C16H19FN2OS.ClH/c1-10-4-5-19(13(6-10)9-18)16(20)15-8-11-7-12(17)2-3-14(11)21-15;/h2-3,7-8,10,13H,4-6,9,18H2,1H3;1H. The smallest absolute Gasteiger partial charge is 0.264 e. The summed E-state index contributed by atoms with van der Waals surface area (Å²) >= 11 is 1.42. The van der Waals surface area contributed by atoms with Crippen molar-refractivity contribution in [3.8, 4) is 0 Å². The summed E-state index contributed by atoms with van der Waals surface area (Å²) in [5.41, 5.74) is 5.83. The summed E-state index contributed by atoms with van der Waals surface area (Å²) in [6, 6.07) is 6.53. The minimum Gasteiger partial charge on any atom is -0.334 e. The molecule has 3 nitrogen and oxygen atoms in total. The van der Waals surface area contributed by atoms with E-state index >= 15 is 0 Å². The Morgan fingerprint density at radius 1 is 1.45 bits per heavy atom. The van der Waals surface area contributed by atoms with Crippen LogP contribution in [0.15, 0.2) is 24.3 Å². The van der Waals surface area contributed by atoms with Crippen molar-refractivity contribution in [2.24, 2.45) is 11.7 Å². The summed E-state index contributed by atoms with van der Waals surface area (Å²) in [6.45, 7) is 3.45. The monoisotopic (exact) mass is 342 g/mol. The highest BCUT2D eigenvalue weighted by Crippen LogP contribution is 2.30. The maximum atomic E-state index is 13.3. The molecule has 2 heterocycles. The Balaban J connectivity index is 0.00000176. The number of piperidine rings is 1. The van der Waals surface area contributed by atoms with Gasteiger partial charge in [-0.1, -0.05) is 6.92 Å². The van der Waals surface area contributed by atoms with Crippen LogP contribution in [-0.4, -0.2) is 29.9 Å². The molecule has 3 rings (SSSR count). The molecule has 0 aliphatic carbocycles. The Morgan fingerprint density at radius 3 is 2.95 bits per heavy atom. The van der Waals surface area contributed by atoms with Gasteiger partial charge in [0.05, 0.1) is 4.88 Å². The molecule has 1 saturated heterocycles. The van der Waals surface area contributed by atoms with Gasteiger partial charge in [-0.3, -0.25) is 4.79 Å². The van der Waals surface area contributed by atoms with Crippen LogP contribution in [0.5, 0.6) is 0 Å². The number of halogens is 2. The summed E-state index contributed by atoms with van der Waals surface area (Å²) < 4.78 is 14.2. The molecule has 0 saturated carbocycles. The van der Waals surface area contributed by atoms with Gasteiger partial charge in [0.25, 0.3) is 5.91 Å². The van der Waals surface area contributed by atoms with E-state index in [0.717, 1.165) is 29.5 Å². The summed E-state index contributed by atoms with van der Waals surface area (Å²) in [5.74, 6) is 0.365. The summed E-state index contributed by atoms with van der Waals surface area (Å²) in [6.07, 6.45) is 1.98. The number of hydrogen-bond donors (Lipinski definition) is 1. The molecule has 2 unspecified atom stereocenters. The third-order valence-electron chi connectivity index (χ3n) is 4.20. The molecule has 0 spiro atoms. The predicted molar refractivity (Wildman–Crippen MR) is 91.3 cm³/mol. The molecule has 1 aromatic heterocycles. The lowest BCUT2D eigenvalue weighted by Crippen LogP contribution is -2.49. The van der Waals surface area contributed by atoms with Crippen LogP contribution < -0.4 is 5.73 Å². The molecule has 1 amide bonds. The van der Waals surface area contributed by atoms with E-state index in [1.165, 1.54) is 23.5 Å². The second-order valence-electron chi connectivity index (χ2n) is 5.81. The molecule has 2 aromatic rings. The van der Waals surface area contributed by atoms with Gasteiger partial charge < -0.3 is 10.6 Å². The van der Waals surface area contributed by atoms with Crippen LogP contribution in [0.2, 0.25) is 0 Å². The van der Waals surface area contributed by atoms with E-state index in [-0.39, 0.29) is 30.2 Å². The number of carbonyl (C=O) groups excluding carboxylic acids is 1. The molecule has 6 heteroatoms. The highest BCUT2D eigenvalue weighted by molar-refractivity contribution is 7.20. The first kappa shape index (κ1) is 17.2. The van der Waals surface area contributed by atoms with Crippen LogP contribution in [0.4, 0.5) is 4.39 Å². The molecule has 2 atom stereocenters. The number of fused-ring (bicyclic) bond motifs is 1. The minimum absolute atomic E-state index is 0. The SMILES string of the molecule is CC1CCN(C(=O)c2cc3cc(F)ccc3s2)C(CN)C1.Cl. The van der Waals surface area contributed by atoms with Crippen molar-refractivity contribution in [2.75, 3.05) is 13.1 Å². The Bertz CT molecular complexity index is 675. The number of carbonyl (C=O) groups is 1. The first-order valence-corrected chi connectivity index (χ1v) is 8.10. The van der Waals surface area contributed by atoms with Crippen molar-refractivity contribution >= 4 is 39.7 Å². The maximum Gasteiger partial charge on any atom is 0.264 e. The van der Waals surface area contributed by atoms with Gasteiger partial charge in [0.1, 0.15) is 5.82 Å². The van der Waals surface area contributed by atoms with Crippen molar-refractivity contribution in [2.45, 2.75) is 25.8 Å². The van der Waals surface area contributed by atoms with E-state index in [9.17, 15) is 9.18 Å². The van der Waals surface area contributed by atoms with E-state index in [2.05, 4.69) is 6.92 Å². The fourth-order valence-corrected chi connectivity index (χ4v) is 4.00. The number of benzene rings is 1. The first-order valence-electron chi connectivity index (χ1n) is 7.28. The highest BCUT2D eigenvalue weighted by atomic mass is 35.5. The second-order valence-corrected chi connectivity index (χ2v) is 6.89. The maximum absolute atomic E-state index is 13.3. The fraction of sp³-hybridized carbons (Fsp3) is 0.438. The number of thiophene rings is 1. The van der Waals surface area contributed by atoms with Crippen LogP contribution in [0.3, 0.4) is 0 Å². The molecule has 2 N–H and O–H groups in total. The van der Waals surface area contributed by atoms with Gasteiger partial charge >= 0.3 is 0 Å². The van der Waals surface area contributed by atoms with Gasteiger partial charge in [-0.15, -0.1) is 23.7 Å². The quantitative estimate of drug-likeness (QED) is 0.905. The highest BCUT2D eigenvalue weighted by Gasteiger charge is 2.30. The third kappa shape index (κ3) is 3.26. The Labute approximate surface area is 139 Å². The number of amides is 1. The zero-order valence-corrected chi connectivity index (χ0v) is 14.1. The van der Waals surface area contributed by atoms with Crippen molar-refractivity contribution in [3.63, 3.8) is 0 Å². The van der Waals surface area contributed by atoms with Crippen LogP contribution >= 0.6 is 23.7 Å². The molecule has 1 aromatic carbocycles. The molecule has 1 aliphatic heterocycles. The van der Waals surface area contributed by atoms with Crippen molar-refractivity contribution < 1.29 is 9.18 Å². The van der Waals surface area contributed by atoms with Crippen LogP contribution in [-0.2, 0) is 0 Å². The summed E-state index contributed by atoms with van der Waals surface area (Å²) in [4.78, 5) is 15.3. The van der Waals surface area contributed by atoms with Crippen molar-refractivity contribution in [1.29, 1.82) is 0 Å². The molecule has 0 bridgehead atoms. The first-order chi connectivity index (χ1) is 10.1. The lowest BCUT2D eigenvalue weighted by molar-refractivity contribution is 0.0578. The lowest BCUT2D eigenvalue weighted by atomic mass is 9.92. The molecule has 1 aliphatic rings. The Kier molecular flexibility index (Phi) is 5.42. The zero-order valence-electron chi connectivity index (χ0n) is 12.4. The molecular weight excluding hydrogens is 323 g/mol. The van der Waals surface area contributed by atoms with E-state index in [1.54, 1.807) is 12.1 Å². The van der Waals surface area contributed by atoms with Gasteiger partial charge in [-0.25, -0.2) is 4.39 Å². The average Bonchev–Trinajstić information content (AvgIpc) is 2.89. The Hall–Kier alpha value is -1.17. The lowest BCUT2D eigenvalue weighted by Gasteiger charge is -2.37. The zero-order chi connectivity index (χ0) is 15.0. The predicted octanol–water partition coefficient (Wildman–Crippen LogP) is 3.66. The number of rotatable bonds is 2. The van der Waals surface area contributed by atoms with Gasteiger partial charge in [0.15, 0.2) is 0 Å². The molecule has 120 valence electrons. The van der Waals surface area contributed by atoms with E-state index < -0.39 is 0 Å². The third-order valence-corrected chi connectivity index (χ3v) is 5.30. The van der Waals surface area contributed by atoms with Gasteiger partial charge in [-0.2, -0.15) is 0 Å². The van der Waals surface area contributed by atoms with Crippen LogP contribution in [0.25, 0.3) is 10.1 Å². The van der Waals surface area contributed by atoms with Crippen LogP contribution in [0.1, 0.15) is 29.4 Å². The second kappa shape index (κ2) is 6.94. The van der Waals surface area contributed by atoms with E-state index in [1.807, 2.05) is 4.90 Å². The summed E-state index contributed by atoms with van der Waals surface area (Å²) in [5, 5.41) is 0.790. The van der Waals surface area contributed by atoms with E-state index in [4.69, 9.17) is 5.73 Å². The fourth-order valence-electron chi connectivity index (χ4n) is 3.00. The van der Waals surface area contributed by atoms with Gasteiger partial charge in [0, 0.05) is 23.8 Å². The Morgan fingerprint density at radius 2 is 2.23 bits per heavy atom. The largest absolute Gasteiger partial charge is 0.334 e. The van der Waals surface area contributed by atoms with Gasteiger partial charge in [0.2, 0.25) is 0 Å². The van der Waals surface area contributed by atoms with Crippen molar-refractivity contribution in [1.82, 2.24) is 4.90 Å². The number of likely N-dealkylation sites (tertiary alicyclic amines) is 1. The number of nitrogens with zero attached hydrogens (tertiary/aromatic N) is 1. The number of nitrogens with two attached hydrogens (primary N) is 1. The average molecular weight is 343 g/mol. The van der Waals surface area contributed by atoms with Crippen LogP contribution in [0, 0.1) is 11.7 Å². The number of hydrogen-bond acceptors (Lipinski definition) is 3. The molecular formula is C16H20ClFN2OS. The molecule has 22 heavy (non-hydrogen) atoms. The summed E-state index contributed by atoms with van der Waals surface area (Å²) in [7, 11) is 0. The van der Waals surface area contributed by atoms with Gasteiger partial charge in [-0.05, 0) is 48.4 Å². The minimum atomic E-state index is -0.272. The normalized spacial score (nSPS) is 21.7.